The molecule has 121 valence electrons. The van der Waals surface area contributed by atoms with Gasteiger partial charge in [0, 0.05) is 0 Å². The van der Waals surface area contributed by atoms with Crippen molar-refractivity contribution < 1.29 is 20.9 Å². The molecule has 0 radical (unpaired) electrons. The van der Waals surface area contributed by atoms with Gasteiger partial charge in [0.25, 0.3) is 0 Å². The zero-order valence-corrected chi connectivity index (χ0v) is 18.6. The van der Waals surface area contributed by atoms with Crippen LogP contribution in [0.2, 0.25) is 9.26 Å². The first-order valence-electron chi connectivity index (χ1n) is 8.92. The second kappa shape index (κ2) is 6.39. The monoisotopic (exact) mass is 407 g/mol. The molecule has 0 bridgehead atoms. The Morgan fingerprint density at radius 3 is 1.54 bits per heavy atom. The van der Waals surface area contributed by atoms with Gasteiger partial charge < -0.3 is 0 Å². The summed E-state index contributed by atoms with van der Waals surface area (Å²) in [4.78, 5) is 0. The van der Waals surface area contributed by atoms with Gasteiger partial charge in [-0.1, -0.05) is 0 Å². The number of hydrogen-bond donors (Lipinski definition) is 0. The molecule has 0 spiro atoms. The Kier molecular flexibility index (Phi) is 4.39. The SMILES string of the molecule is CC1=Cc2ccccc2C1[SiH](C1C(C)=Cc2ccccc21)[Zr]([CH3])[CH3]. The average Bonchev–Trinajstić information content (AvgIpc) is 3.05. The quantitative estimate of drug-likeness (QED) is 0.554. The average molecular weight is 409 g/mol. The first-order valence-corrected chi connectivity index (χ1v) is 20.0. The molecule has 2 unspecified atom stereocenters. The molecule has 0 saturated heterocycles. The molecule has 0 saturated carbocycles. The van der Waals surface area contributed by atoms with Gasteiger partial charge in [0.2, 0.25) is 0 Å². The molecule has 0 aliphatic heterocycles. The molecule has 4 rings (SSSR count). The molecule has 0 fully saturated rings. The van der Waals surface area contributed by atoms with Crippen LogP contribution in [-0.2, 0) is 20.9 Å². The van der Waals surface area contributed by atoms with Gasteiger partial charge >= 0.3 is 155 Å². The minimum absolute atomic E-state index is 0.755. The van der Waals surface area contributed by atoms with Crippen LogP contribution in [0.25, 0.3) is 12.2 Å². The van der Waals surface area contributed by atoms with Crippen LogP contribution in [0.15, 0.2) is 59.7 Å². The van der Waals surface area contributed by atoms with Crippen molar-refractivity contribution in [2.75, 3.05) is 0 Å². The Morgan fingerprint density at radius 1 is 0.708 bits per heavy atom. The molecular formula is C22H25SiZr. The van der Waals surface area contributed by atoms with E-state index in [1.807, 2.05) is 0 Å². The predicted octanol–water partition coefficient (Wildman–Crippen LogP) is 5.90. The van der Waals surface area contributed by atoms with Gasteiger partial charge in [-0.05, 0) is 0 Å². The van der Waals surface area contributed by atoms with Crippen LogP contribution >= 0.6 is 0 Å². The molecule has 2 atom stereocenters. The van der Waals surface area contributed by atoms with E-state index in [-0.39, 0.29) is 0 Å². The summed E-state index contributed by atoms with van der Waals surface area (Å²) in [5.74, 6) is -0.942. The Labute approximate surface area is 154 Å². The molecule has 0 nitrogen and oxygen atoms in total. The second-order valence-electron chi connectivity index (χ2n) is 7.59. The van der Waals surface area contributed by atoms with Crippen LogP contribution in [0.1, 0.15) is 47.2 Å². The number of rotatable bonds is 3. The van der Waals surface area contributed by atoms with E-state index in [0.717, 1.165) is 11.1 Å². The Hall–Kier alpha value is -0.980. The van der Waals surface area contributed by atoms with Crippen molar-refractivity contribution >= 4 is 18.1 Å². The molecular weight excluding hydrogens is 384 g/mol. The molecule has 24 heavy (non-hydrogen) atoms. The van der Waals surface area contributed by atoms with E-state index in [9.17, 15) is 0 Å². The molecule has 0 aromatic heterocycles. The number of hydrogen-bond acceptors (Lipinski definition) is 0. The van der Waals surface area contributed by atoms with Crippen LogP contribution in [0.5, 0.6) is 0 Å². The van der Waals surface area contributed by atoms with Crippen LogP contribution in [0, 0.1) is 0 Å². The van der Waals surface area contributed by atoms with Crippen molar-refractivity contribution in [1.29, 1.82) is 0 Å². The van der Waals surface area contributed by atoms with Gasteiger partial charge in [-0.3, -0.25) is 0 Å². The van der Waals surface area contributed by atoms with E-state index in [1.54, 1.807) is 22.3 Å². The van der Waals surface area contributed by atoms with Gasteiger partial charge in [0.1, 0.15) is 0 Å². The molecule has 2 aromatic carbocycles. The van der Waals surface area contributed by atoms with Crippen LogP contribution in [0.3, 0.4) is 0 Å². The molecule has 2 aromatic rings. The minimum atomic E-state index is -1.35. The summed E-state index contributed by atoms with van der Waals surface area (Å²) in [5, 5.41) is 0. The number of fused-ring (bicyclic) bond motifs is 2. The van der Waals surface area contributed by atoms with E-state index in [4.69, 9.17) is 0 Å². The van der Waals surface area contributed by atoms with Crippen molar-refractivity contribution in [3.05, 3.63) is 81.9 Å². The first kappa shape index (κ1) is 16.5. The third kappa shape index (κ3) is 2.59. The topological polar surface area (TPSA) is 0 Å². The zero-order valence-electron chi connectivity index (χ0n) is 15.0. The maximum atomic E-state index is 2.65. The number of benzene rings is 2. The number of allylic oxidation sites excluding steroid dienone is 2. The van der Waals surface area contributed by atoms with Crippen LogP contribution in [-0.4, -0.2) is 5.92 Å². The van der Waals surface area contributed by atoms with E-state index in [2.05, 4.69) is 83.8 Å². The molecule has 0 heterocycles. The molecule has 0 amide bonds. The summed E-state index contributed by atoms with van der Waals surface area (Å²) in [6.07, 6.45) is 4.93. The van der Waals surface area contributed by atoms with Gasteiger partial charge in [-0.2, -0.15) is 0 Å². The van der Waals surface area contributed by atoms with Crippen molar-refractivity contribution in [2.45, 2.75) is 34.2 Å². The fraction of sp³-hybridized carbons (Fsp3) is 0.273. The predicted molar refractivity (Wildman–Crippen MR) is 105 cm³/mol. The molecule has 2 aliphatic rings. The standard InChI is InChI=1S/C20H19Si.2CH3.Zr/c1-13-11-15-7-3-5-9-17(15)19(13)21-20-14(2)12-16-8-4-6-10-18(16)20;;;/h3-12,19-21H,1-2H3;2*1H3;. The van der Waals surface area contributed by atoms with Gasteiger partial charge in [-0.15, -0.1) is 0 Å². The van der Waals surface area contributed by atoms with Crippen molar-refractivity contribution in [1.82, 2.24) is 0 Å². The van der Waals surface area contributed by atoms with Crippen molar-refractivity contribution in [3.8, 4) is 0 Å². The van der Waals surface area contributed by atoms with E-state index < -0.39 is 26.8 Å². The second-order valence-corrected chi connectivity index (χ2v) is 27.0. The summed E-state index contributed by atoms with van der Waals surface area (Å²) in [6.45, 7) is 4.77. The Morgan fingerprint density at radius 2 is 1.12 bits per heavy atom. The molecule has 2 heteroatoms. The van der Waals surface area contributed by atoms with Gasteiger partial charge in [0.05, 0.1) is 0 Å². The van der Waals surface area contributed by atoms with Crippen molar-refractivity contribution in [2.24, 2.45) is 0 Å². The van der Waals surface area contributed by atoms with E-state index in [0.29, 0.717) is 0 Å². The summed E-state index contributed by atoms with van der Waals surface area (Å²) in [7, 11) is 0. The third-order valence-electron chi connectivity index (χ3n) is 5.79. The Bertz CT molecular complexity index is 779. The summed E-state index contributed by atoms with van der Waals surface area (Å²) in [5.41, 5.74) is 11.0. The fourth-order valence-electron chi connectivity index (χ4n) is 4.82. The molecule has 0 N–H and O–H groups in total. The summed E-state index contributed by atoms with van der Waals surface area (Å²) < 4.78 is 5.31. The summed E-state index contributed by atoms with van der Waals surface area (Å²) in [6, 6.07) is 18.3. The van der Waals surface area contributed by atoms with Crippen LogP contribution < -0.4 is 0 Å². The van der Waals surface area contributed by atoms with E-state index in [1.165, 1.54) is 11.1 Å². The maximum absolute atomic E-state index is 2.65. The third-order valence-corrected chi connectivity index (χ3v) is 25.1. The van der Waals surface area contributed by atoms with E-state index >= 15 is 0 Å². The Balaban J connectivity index is 1.83. The zero-order chi connectivity index (χ0) is 16.8. The van der Waals surface area contributed by atoms with Crippen molar-refractivity contribution in [3.63, 3.8) is 0 Å². The first-order chi connectivity index (χ1) is 11.6. The van der Waals surface area contributed by atoms with Crippen LogP contribution in [0.4, 0.5) is 0 Å². The normalized spacial score (nSPS) is 22.5. The fourth-order valence-corrected chi connectivity index (χ4v) is 25.6. The van der Waals surface area contributed by atoms with Gasteiger partial charge in [0.15, 0.2) is 0 Å². The van der Waals surface area contributed by atoms with Gasteiger partial charge in [-0.25, -0.2) is 0 Å². The molecule has 2 aliphatic carbocycles. The summed E-state index contributed by atoms with van der Waals surface area (Å²) >= 11 is -1.35.